The van der Waals surface area contributed by atoms with E-state index in [0.717, 1.165) is 24.8 Å². The van der Waals surface area contributed by atoms with Gasteiger partial charge in [0.2, 0.25) is 10.0 Å². The Kier molecular flexibility index (Phi) is 4.56. The first-order chi connectivity index (χ1) is 11.1. The normalized spacial score (nSPS) is 16.2. The van der Waals surface area contributed by atoms with E-state index in [2.05, 4.69) is 9.88 Å². The molecule has 1 aromatic heterocycles. The van der Waals surface area contributed by atoms with E-state index in [9.17, 15) is 8.42 Å². The molecule has 1 aliphatic rings. The molecule has 1 aromatic carbocycles. The van der Waals surface area contributed by atoms with E-state index in [1.807, 2.05) is 24.3 Å². The van der Waals surface area contributed by atoms with E-state index in [1.165, 1.54) is 0 Å². The quantitative estimate of drug-likeness (QED) is 0.904. The molecule has 1 aliphatic carbocycles. The van der Waals surface area contributed by atoms with Crippen molar-refractivity contribution in [1.82, 2.24) is 5.16 Å². The van der Waals surface area contributed by atoms with Crippen LogP contribution in [0.1, 0.15) is 32.1 Å². The summed E-state index contributed by atoms with van der Waals surface area (Å²) >= 11 is 0. The lowest BCUT2D eigenvalue weighted by Crippen LogP contribution is -2.29. The number of rotatable bonds is 5. The number of sulfonamides is 1. The zero-order chi connectivity index (χ0) is 16.3. The van der Waals surface area contributed by atoms with E-state index >= 15 is 0 Å². The summed E-state index contributed by atoms with van der Waals surface area (Å²) in [6, 6.07) is 8.93. The predicted octanol–water partition coefficient (Wildman–Crippen LogP) is 3.42. The highest BCUT2D eigenvalue weighted by Gasteiger charge is 2.28. The van der Waals surface area contributed by atoms with Crippen molar-refractivity contribution in [2.45, 2.75) is 37.4 Å². The zero-order valence-electron chi connectivity index (χ0n) is 13.0. The summed E-state index contributed by atoms with van der Waals surface area (Å²) < 4.78 is 37.9. The number of hydrogen-bond acceptors (Lipinski definition) is 5. The van der Waals surface area contributed by atoms with Crippen molar-refractivity contribution >= 4 is 15.8 Å². The van der Waals surface area contributed by atoms with Gasteiger partial charge < -0.3 is 9.26 Å². The lowest BCUT2D eigenvalue weighted by molar-refractivity contribution is 0.407. The maximum atomic E-state index is 12.4. The van der Waals surface area contributed by atoms with Crippen LogP contribution in [0.5, 0.6) is 5.75 Å². The Bertz CT molecular complexity index is 764. The standard InChI is InChI=1S/C16H20N2O4S/c1-21-14-10-6-5-9-13(14)15-11-16(17-22-15)18-23(19,20)12-7-3-2-4-8-12/h5-6,9-12H,2-4,7-8H2,1H3,(H,17,18). The SMILES string of the molecule is COc1ccccc1-c1cc(NS(=O)(=O)C2CCCCC2)no1. The molecule has 23 heavy (non-hydrogen) atoms. The topological polar surface area (TPSA) is 81.4 Å². The average Bonchev–Trinajstić information content (AvgIpc) is 3.03. The first kappa shape index (κ1) is 15.9. The van der Waals surface area contributed by atoms with Crippen molar-refractivity contribution in [3.8, 4) is 17.1 Å². The summed E-state index contributed by atoms with van der Waals surface area (Å²) in [6.45, 7) is 0. The van der Waals surface area contributed by atoms with E-state index in [4.69, 9.17) is 9.26 Å². The molecule has 0 amide bonds. The number of nitrogens with one attached hydrogen (secondary N) is 1. The summed E-state index contributed by atoms with van der Waals surface area (Å²) in [6.07, 6.45) is 4.42. The fourth-order valence-corrected chi connectivity index (χ4v) is 4.41. The second kappa shape index (κ2) is 6.62. The van der Waals surface area contributed by atoms with Gasteiger partial charge in [-0.25, -0.2) is 8.42 Å². The van der Waals surface area contributed by atoms with Gasteiger partial charge in [-0.05, 0) is 25.0 Å². The lowest BCUT2D eigenvalue weighted by Gasteiger charge is -2.21. The maximum absolute atomic E-state index is 12.4. The number of hydrogen-bond donors (Lipinski definition) is 1. The molecule has 1 heterocycles. The molecular formula is C16H20N2O4S. The Morgan fingerprint density at radius 2 is 1.96 bits per heavy atom. The molecule has 1 N–H and O–H groups in total. The number of nitrogens with zero attached hydrogens (tertiary/aromatic N) is 1. The van der Waals surface area contributed by atoms with Gasteiger partial charge in [-0.3, -0.25) is 4.72 Å². The van der Waals surface area contributed by atoms with E-state index in [-0.39, 0.29) is 11.1 Å². The van der Waals surface area contributed by atoms with E-state index < -0.39 is 10.0 Å². The zero-order valence-corrected chi connectivity index (χ0v) is 13.8. The van der Waals surface area contributed by atoms with Crippen LogP contribution in [0.25, 0.3) is 11.3 Å². The number of methoxy groups -OCH3 is 1. The minimum atomic E-state index is -3.42. The highest BCUT2D eigenvalue weighted by Crippen LogP contribution is 2.32. The van der Waals surface area contributed by atoms with Gasteiger partial charge in [0, 0.05) is 6.07 Å². The van der Waals surface area contributed by atoms with Crippen molar-refractivity contribution in [1.29, 1.82) is 0 Å². The number of benzene rings is 1. The van der Waals surface area contributed by atoms with Gasteiger partial charge in [-0.15, -0.1) is 0 Å². The van der Waals surface area contributed by atoms with Gasteiger partial charge in [0.25, 0.3) is 0 Å². The fraction of sp³-hybridized carbons (Fsp3) is 0.438. The van der Waals surface area contributed by atoms with Crippen molar-refractivity contribution in [2.75, 3.05) is 11.8 Å². The van der Waals surface area contributed by atoms with E-state index in [0.29, 0.717) is 24.4 Å². The highest BCUT2D eigenvalue weighted by atomic mass is 32.2. The molecule has 6 nitrogen and oxygen atoms in total. The molecule has 0 atom stereocenters. The van der Waals surface area contributed by atoms with Crippen LogP contribution in [0.3, 0.4) is 0 Å². The molecule has 0 bridgehead atoms. The molecule has 0 saturated heterocycles. The second-order valence-electron chi connectivity index (χ2n) is 5.68. The molecule has 0 aliphatic heterocycles. The van der Waals surface area contributed by atoms with Crippen LogP contribution in [0, 0.1) is 0 Å². The van der Waals surface area contributed by atoms with Gasteiger partial charge >= 0.3 is 0 Å². The number of para-hydroxylation sites is 1. The van der Waals surface area contributed by atoms with Crippen molar-refractivity contribution in [3.05, 3.63) is 30.3 Å². The summed E-state index contributed by atoms with van der Waals surface area (Å²) in [7, 11) is -1.85. The molecule has 124 valence electrons. The van der Waals surface area contributed by atoms with Gasteiger partial charge in [0.1, 0.15) is 5.75 Å². The minimum absolute atomic E-state index is 0.205. The summed E-state index contributed by atoms with van der Waals surface area (Å²) in [5.41, 5.74) is 0.727. The number of anilines is 1. The fourth-order valence-electron chi connectivity index (χ4n) is 2.90. The molecular weight excluding hydrogens is 316 g/mol. The van der Waals surface area contributed by atoms with Gasteiger partial charge in [-0.2, -0.15) is 0 Å². The summed E-state index contributed by atoms with van der Waals surface area (Å²) in [4.78, 5) is 0. The van der Waals surface area contributed by atoms with Gasteiger partial charge in [0.15, 0.2) is 11.6 Å². The van der Waals surface area contributed by atoms with Crippen LogP contribution in [-0.4, -0.2) is 25.9 Å². The Balaban J connectivity index is 1.79. The Hall–Kier alpha value is -2.02. The van der Waals surface area contributed by atoms with E-state index in [1.54, 1.807) is 13.2 Å². The molecule has 0 spiro atoms. The molecule has 2 aromatic rings. The first-order valence-electron chi connectivity index (χ1n) is 7.72. The van der Waals surface area contributed by atoms with Crippen molar-refractivity contribution < 1.29 is 17.7 Å². The smallest absolute Gasteiger partial charge is 0.236 e. The van der Waals surface area contributed by atoms with Gasteiger partial charge in [-0.1, -0.05) is 36.6 Å². The third kappa shape index (κ3) is 3.50. The van der Waals surface area contributed by atoms with Crippen LogP contribution in [0.4, 0.5) is 5.82 Å². The molecule has 1 saturated carbocycles. The molecule has 0 radical (unpaired) electrons. The Morgan fingerprint density at radius 1 is 1.22 bits per heavy atom. The minimum Gasteiger partial charge on any atom is -0.496 e. The third-order valence-electron chi connectivity index (χ3n) is 4.12. The predicted molar refractivity (Wildman–Crippen MR) is 87.9 cm³/mol. The van der Waals surface area contributed by atoms with Crippen LogP contribution in [0.2, 0.25) is 0 Å². The van der Waals surface area contributed by atoms with Crippen LogP contribution in [-0.2, 0) is 10.0 Å². The molecule has 0 unspecified atom stereocenters. The number of ether oxygens (including phenoxy) is 1. The van der Waals surface area contributed by atoms with Crippen molar-refractivity contribution in [2.24, 2.45) is 0 Å². The lowest BCUT2D eigenvalue weighted by atomic mass is 10.0. The monoisotopic (exact) mass is 336 g/mol. The summed E-state index contributed by atoms with van der Waals surface area (Å²) in [5.74, 6) is 1.31. The van der Waals surface area contributed by atoms with Crippen molar-refractivity contribution in [3.63, 3.8) is 0 Å². The average molecular weight is 336 g/mol. The largest absolute Gasteiger partial charge is 0.496 e. The first-order valence-corrected chi connectivity index (χ1v) is 9.26. The van der Waals surface area contributed by atoms with Crippen LogP contribution in [0.15, 0.2) is 34.9 Å². The highest BCUT2D eigenvalue weighted by molar-refractivity contribution is 7.93. The maximum Gasteiger partial charge on any atom is 0.236 e. The van der Waals surface area contributed by atoms with Gasteiger partial charge in [0.05, 0.1) is 17.9 Å². The molecule has 1 fully saturated rings. The Labute approximate surface area is 135 Å². The summed E-state index contributed by atoms with van der Waals surface area (Å²) in [5, 5.41) is 3.48. The third-order valence-corrected chi connectivity index (χ3v) is 5.96. The number of aromatic nitrogens is 1. The Morgan fingerprint density at radius 3 is 2.70 bits per heavy atom. The van der Waals surface area contributed by atoms with Crippen LogP contribution < -0.4 is 9.46 Å². The second-order valence-corrected chi connectivity index (χ2v) is 7.64. The molecule has 7 heteroatoms. The molecule has 3 rings (SSSR count). The van der Waals surface area contributed by atoms with Crippen LogP contribution >= 0.6 is 0 Å².